The normalized spacial score (nSPS) is 12.0. The molecule has 4 aromatic rings. The Morgan fingerprint density at radius 2 is 1.77 bits per heavy atom. The van der Waals surface area contributed by atoms with Crippen molar-refractivity contribution in [3.8, 4) is 5.69 Å². The van der Waals surface area contributed by atoms with Gasteiger partial charge in [-0.15, -0.1) is 0 Å². The number of hydrogen-bond donors (Lipinski definition) is 2. The van der Waals surface area contributed by atoms with Crippen molar-refractivity contribution >= 4 is 16.9 Å². The third kappa shape index (κ3) is 2.73. The van der Waals surface area contributed by atoms with Crippen molar-refractivity contribution in [1.29, 1.82) is 0 Å². The summed E-state index contributed by atoms with van der Waals surface area (Å²) in [6, 6.07) is 16.0. The number of hydrogen-bond acceptors (Lipinski definition) is 4. The molecular formula is C20H22N6. The van der Waals surface area contributed by atoms with Crippen LogP contribution >= 0.6 is 0 Å². The van der Waals surface area contributed by atoms with Crippen LogP contribution in [-0.4, -0.2) is 25.2 Å². The molecule has 0 aliphatic heterocycles. The second-order valence-electron chi connectivity index (χ2n) is 7.50. The topological polar surface area (TPSA) is 85.4 Å². The molecule has 2 aromatic heterocycles. The van der Waals surface area contributed by atoms with E-state index in [4.69, 9.17) is 10.8 Å². The van der Waals surface area contributed by atoms with Gasteiger partial charge in [-0.1, -0.05) is 51.1 Å². The van der Waals surface area contributed by atoms with Gasteiger partial charge in [-0.2, -0.15) is 20.5 Å². The zero-order valence-electron chi connectivity index (χ0n) is 15.2. The molecule has 6 nitrogen and oxygen atoms in total. The molecule has 0 unspecified atom stereocenters. The average molecular weight is 346 g/mol. The number of fused-ring (bicyclic) bond motifs is 1. The van der Waals surface area contributed by atoms with Crippen LogP contribution in [0.4, 0.5) is 5.82 Å². The Balaban J connectivity index is 1.87. The van der Waals surface area contributed by atoms with Crippen LogP contribution in [-0.2, 0) is 11.8 Å². The fourth-order valence-electron chi connectivity index (χ4n) is 3.27. The van der Waals surface area contributed by atoms with Gasteiger partial charge in [0.2, 0.25) is 0 Å². The number of rotatable bonds is 3. The average Bonchev–Trinajstić information content (AvgIpc) is 3.21. The quantitative estimate of drug-likeness (QED) is 0.593. The summed E-state index contributed by atoms with van der Waals surface area (Å²) in [5.41, 5.74) is 12.2. The first kappa shape index (κ1) is 16.3. The standard InChI is InChI=1S/C20H22N6/c1-20(2,3)18-15(12-13-8-7-11-16-17(13)23-25-22-16)19(21)26(24-18)14-9-5-4-6-10-14/h4-11H,12,21H2,1-3H3,(H,22,23,25). The van der Waals surface area contributed by atoms with Crippen LogP contribution in [0.15, 0.2) is 48.5 Å². The maximum absolute atomic E-state index is 6.56. The number of aromatic nitrogens is 5. The molecule has 0 saturated carbocycles. The Kier molecular flexibility index (Phi) is 3.76. The summed E-state index contributed by atoms with van der Waals surface area (Å²) < 4.78 is 1.83. The van der Waals surface area contributed by atoms with Gasteiger partial charge in [0.25, 0.3) is 0 Å². The van der Waals surface area contributed by atoms with E-state index in [0.717, 1.165) is 33.5 Å². The molecule has 0 saturated heterocycles. The lowest BCUT2D eigenvalue weighted by Gasteiger charge is -2.17. The molecule has 26 heavy (non-hydrogen) atoms. The predicted octanol–water partition coefficient (Wildman–Crippen LogP) is 3.61. The summed E-state index contributed by atoms with van der Waals surface area (Å²) in [4.78, 5) is 0. The molecule has 0 amide bonds. The number of para-hydroxylation sites is 2. The molecule has 132 valence electrons. The number of aromatic amines is 1. The van der Waals surface area contributed by atoms with Crippen LogP contribution in [0.5, 0.6) is 0 Å². The van der Waals surface area contributed by atoms with Crippen molar-refractivity contribution in [3.63, 3.8) is 0 Å². The van der Waals surface area contributed by atoms with Crippen molar-refractivity contribution in [2.45, 2.75) is 32.6 Å². The number of anilines is 1. The zero-order chi connectivity index (χ0) is 18.3. The van der Waals surface area contributed by atoms with Crippen molar-refractivity contribution in [1.82, 2.24) is 25.2 Å². The van der Waals surface area contributed by atoms with Crippen LogP contribution in [0.3, 0.4) is 0 Å². The lowest BCUT2D eigenvalue weighted by molar-refractivity contribution is 0.556. The Hall–Kier alpha value is -3.15. The molecule has 0 spiro atoms. The van der Waals surface area contributed by atoms with E-state index >= 15 is 0 Å². The molecule has 0 aliphatic rings. The summed E-state index contributed by atoms with van der Waals surface area (Å²) in [5, 5.41) is 16.0. The highest BCUT2D eigenvalue weighted by atomic mass is 15.3. The van der Waals surface area contributed by atoms with Gasteiger partial charge in [-0.05, 0) is 23.8 Å². The summed E-state index contributed by atoms with van der Waals surface area (Å²) >= 11 is 0. The molecule has 2 heterocycles. The predicted molar refractivity (Wildman–Crippen MR) is 103 cm³/mol. The van der Waals surface area contributed by atoms with E-state index in [2.05, 4.69) is 42.2 Å². The maximum atomic E-state index is 6.56. The monoisotopic (exact) mass is 346 g/mol. The minimum absolute atomic E-state index is 0.124. The number of benzene rings is 2. The second-order valence-corrected chi connectivity index (χ2v) is 7.50. The van der Waals surface area contributed by atoms with E-state index < -0.39 is 0 Å². The fourth-order valence-corrected chi connectivity index (χ4v) is 3.27. The van der Waals surface area contributed by atoms with Crippen molar-refractivity contribution in [3.05, 3.63) is 65.4 Å². The molecule has 0 bridgehead atoms. The number of H-pyrrole nitrogens is 1. The third-order valence-corrected chi connectivity index (χ3v) is 4.53. The van der Waals surface area contributed by atoms with Crippen LogP contribution in [0.2, 0.25) is 0 Å². The third-order valence-electron chi connectivity index (χ3n) is 4.53. The second kappa shape index (κ2) is 5.98. The Bertz CT molecular complexity index is 1050. The van der Waals surface area contributed by atoms with Crippen LogP contribution in [0.1, 0.15) is 37.6 Å². The number of nitrogen functional groups attached to an aromatic ring is 1. The van der Waals surface area contributed by atoms with E-state index in [1.165, 1.54) is 0 Å². The van der Waals surface area contributed by atoms with Crippen molar-refractivity contribution < 1.29 is 0 Å². The van der Waals surface area contributed by atoms with E-state index in [9.17, 15) is 0 Å². The lowest BCUT2D eigenvalue weighted by Crippen LogP contribution is -2.15. The van der Waals surface area contributed by atoms with E-state index in [1.54, 1.807) is 0 Å². The van der Waals surface area contributed by atoms with Crippen LogP contribution < -0.4 is 5.73 Å². The largest absolute Gasteiger partial charge is 0.383 e. The molecular weight excluding hydrogens is 324 g/mol. The Labute approximate surface area is 152 Å². The first-order valence-corrected chi connectivity index (χ1v) is 8.67. The van der Waals surface area contributed by atoms with Gasteiger partial charge < -0.3 is 5.73 Å². The summed E-state index contributed by atoms with van der Waals surface area (Å²) in [7, 11) is 0. The minimum Gasteiger partial charge on any atom is -0.383 e. The molecule has 4 rings (SSSR count). The van der Waals surface area contributed by atoms with E-state index in [0.29, 0.717) is 12.2 Å². The lowest BCUT2D eigenvalue weighted by atomic mass is 9.87. The van der Waals surface area contributed by atoms with Crippen LogP contribution in [0.25, 0.3) is 16.7 Å². The SMILES string of the molecule is CC(C)(C)c1nn(-c2ccccc2)c(N)c1Cc1cccc2n[nH]nc12. The number of nitrogens with two attached hydrogens (primary N) is 1. The van der Waals surface area contributed by atoms with Gasteiger partial charge in [0.15, 0.2) is 0 Å². The molecule has 3 N–H and O–H groups in total. The molecule has 0 radical (unpaired) electrons. The summed E-state index contributed by atoms with van der Waals surface area (Å²) in [6.45, 7) is 6.47. The first-order chi connectivity index (χ1) is 12.4. The maximum Gasteiger partial charge on any atom is 0.131 e. The smallest absolute Gasteiger partial charge is 0.131 e. The van der Waals surface area contributed by atoms with Gasteiger partial charge in [0.05, 0.1) is 11.4 Å². The molecule has 0 aliphatic carbocycles. The number of nitrogens with zero attached hydrogens (tertiary/aromatic N) is 4. The van der Waals surface area contributed by atoms with Crippen molar-refractivity contribution in [2.24, 2.45) is 0 Å². The van der Waals surface area contributed by atoms with Crippen LogP contribution in [0, 0.1) is 0 Å². The highest BCUT2D eigenvalue weighted by molar-refractivity contribution is 5.78. The molecule has 0 atom stereocenters. The van der Waals surface area contributed by atoms with Gasteiger partial charge >= 0.3 is 0 Å². The fraction of sp³-hybridized carbons (Fsp3) is 0.250. The molecule has 0 fully saturated rings. The highest BCUT2D eigenvalue weighted by Gasteiger charge is 2.26. The summed E-state index contributed by atoms with van der Waals surface area (Å²) in [6.07, 6.45) is 0.662. The van der Waals surface area contributed by atoms with Gasteiger partial charge in [0.1, 0.15) is 16.9 Å². The molecule has 2 aromatic carbocycles. The summed E-state index contributed by atoms with van der Waals surface area (Å²) in [5.74, 6) is 0.668. The van der Waals surface area contributed by atoms with Gasteiger partial charge in [-0.25, -0.2) is 4.68 Å². The Morgan fingerprint density at radius 3 is 2.50 bits per heavy atom. The van der Waals surface area contributed by atoms with E-state index in [-0.39, 0.29) is 5.41 Å². The molecule has 6 heteroatoms. The highest BCUT2D eigenvalue weighted by Crippen LogP contribution is 2.33. The van der Waals surface area contributed by atoms with Gasteiger partial charge in [-0.3, -0.25) is 0 Å². The zero-order valence-corrected chi connectivity index (χ0v) is 15.2. The van der Waals surface area contributed by atoms with E-state index in [1.807, 2.05) is 47.1 Å². The van der Waals surface area contributed by atoms with Crippen molar-refractivity contribution in [2.75, 3.05) is 5.73 Å². The number of nitrogens with one attached hydrogen (secondary N) is 1. The van der Waals surface area contributed by atoms with Gasteiger partial charge in [0, 0.05) is 17.4 Å². The first-order valence-electron chi connectivity index (χ1n) is 8.67. The minimum atomic E-state index is -0.124. The Morgan fingerprint density at radius 1 is 1.00 bits per heavy atom.